The highest BCUT2D eigenvalue weighted by Gasteiger charge is 2.43. The van der Waals surface area contributed by atoms with Gasteiger partial charge in [0.15, 0.2) is 0 Å². The van der Waals surface area contributed by atoms with E-state index in [0.717, 1.165) is 19.5 Å². The molecule has 0 saturated carbocycles. The van der Waals surface area contributed by atoms with Crippen LogP contribution < -0.4 is 5.32 Å². The van der Waals surface area contributed by atoms with Crippen molar-refractivity contribution in [1.29, 1.82) is 0 Å². The first-order valence-corrected chi connectivity index (χ1v) is 7.45. The summed E-state index contributed by atoms with van der Waals surface area (Å²) >= 11 is 0. The highest BCUT2D eigenvalue weighted by molar-refractivity contribution is 5.63. The van der Waals surface area contributed by atoms with Gasteiger partial charge in [-0.15, -0.1) is 0 Å². The Bertz CT molecular complexity index is 502. The van der Waals surface area contributed by atoms with Gasteiger partial charge in [0, 0.05) is 43.3 Å². The average Bonchev–Trinajstić information content (AvgIpc) is 2.85. The Morgan fingerprint density at radius 2 is 2.26 bits per heavy atom. The first-order valence-electron chi connectivity index (χ1n) is 7.45. The zero-order valence-corrected chi connectivity index (χ0v) is 11.5. The molecule has 0 radical (unpaired) electrons. The van der Waals surface area contributed by atoms with Crippen molar-refractivity contribution >= 4 is 5.69 Å². The summed E-state index contributed by atoms with van der Waals surface area (Å²) in [4.78, 5) is 2.49. The molecule has 0 aromatic heterocycles. The summed E-state index contributed by atoms with van der Waals surface area (Å²) in [7, 11) is 2.23. The fourth-order valence-electron chi connectivity index (χ4n) is 4.60. The van der Waals surface area contributed by atoms with Crippen molar-refractivity contribution in [2.75, 3.05) is 32.1 Å². The van der Waals surface area contributed by atoms with Crippen LogP contribution in [0.2, 0.25) is 0 Å². The first kappa shape index (κ1) is 11.7. The molecular formula is C16H22N2O. The number of likely N-dealkylation sites (N-methyl/N-ethyl adjacent to an activating group) is 1. The van der Waals surface area contributed by atoms with Crippen molar-refractivity contribution in [3.8, 4) is 0 Å². The number of benzene rings is 1. The van der Waals surface area contributed by atoms with Crippen LogP contribution in [0.25, 0.3) is 0 Å². The smallest absolute Gasteiger partial charge is 0.0471 e. The minimum atomic E-state index is 0.324. The van der Waals surface area contributed by atoms with Gasteiger partial charge in [-0.1, -0.05) is 12.1 Å². The first-order chi connectivity index (χ1) is 9.28. The van der Waals surface area contributed by atoms with Crippen LogP contribution in [0, 0.1) is 5.92 Å². The van der Waals surface area contributed by atoms with Crippen molar-refractivity contribution in [3.63, 3.8) is 0 Å². The number of likely N-dealkylation sites (tertiary alicyclic amines) is 1. The van der Waals surface area contributed by atoms with Gasteiger partial charge in [0.05, 0.1) is 0 Å². The second kappa shape index (κ2) is 4.22. The van der Waals surface area contributed by atoms with Gasteiger partial charge in [-0.2, -0.15) is 0 Å². The van der Waals surface area contributed by atoms with Gasteiger partial charge in [-0.05, 0) is 43.0 Å². The molecule has 1 aromatic rings. The molecule has 1 aromatic carbocycles. The molecule has 0 amide bonds. The van der Waals surface area contributed by atoms with Gasteiger partial charge in [-0.25, -0.2) is 0 Å². The van der Waals surface area contributed by atoms with Gasteiger partial charge in [0.1, 0.15) is 0 Å². The molecule has 102 valence electrons. The van der Waals surface area contributed by atoms with Crippen molar-refractivity contribution in [2.24, 2.45) is 5.92 Å². The topological polar surface area (TPSA) is 35.5 Å². The zero-order valence-electron chi connectivity index (χ0n) is 11.5. The maximum absolute atomic E-state index is 9.53. The summed E-state index contributed by atoms with van der Waals surface area (Å²) in [6.07, 6.45) is 2.42. The van der Waals surface area contributed by atoms with Gasteiger partial charge < -0.3 is 15.3 Å². The van der Waals surface area contributed by atoms with Crippen molar-refractivity contribution < 1.29 is 5.11 Å². The molecule has 2 heterocycles. The monoisotopic (exact) mass is 258 g/mol. The Balaban J connectivity index is 1.78. The predicted molar refractivity (Wildman–Crippen MR) is 76.6 cm³/mol. The maximum Gasteiger partial charge on any atom is 0.0471 e. The molecule has 2 N–H and O–H groups in total. The lowest BCUT2D eigenvalue weighted by molar-refractivity contribution is 0.0660. The van der Waals surface area contributed by atoms with Crippen LogP contribution in [0.3, 0.4) is 0 Å². The molecule has 1 saturated heterocycles. The number of aliphatic hydroxyl groups excluding tert-OH is 1. The highest BCUT2D eigenvalue weighted by atomic mass is 16.3. The Morgan fingerprint density at radius 1 is 1.37 bits per heavy atom. The number of nitrogens with zero attached hydrogens (tertiary/aromatic N) is 1. The Morgan fingerprint density at radius 3 is 3.11 bits per heavy atom. The minimum Gasteiger partial charge on any atom is -0.396 e. The number of rotatable bonds is 1. The number of hydrogen-bond acceptors (Lipinski definition) is 3. The molecule has 0 unspecified atom stereocenters. The van der Waals surface area contributed by atoms with Crippen LogP contribution in [-0.4, -0.2) is 42.8 Å². The van der Waals surface area contributed by atoms with Gasteiger partial charge in [-0.3, -0.25) is 0 Å². The number of anilines is 1. The Labute approximate surface area is 114 Å². The number of fused-ring (bicyclic) bond motifs is 2. The normalized spacial score (nSPS) is 36.5. The summed E-state index contributed by atoms with van der Waals surface area (Å²) in [5.41, 5.74) is 4.49. The van der Waals surface area contributed by atoms with E-state index in [0.29, 0.717) is 30.4 Å². The molecule has 0 spiro atoms. The third kappa shape index (κ3) is 1.65. The summed E-state index contributed by atoms with van der Waals surface area (Å²) < 4.78 is 0. The fraction of sp³-hybridized carbons (Fsp3) is 0.625. The van der Waals surface area contributed by atoms with Crippen LogP contribution in [0.1, 0.15) is 35.8 Å². The lowest BCUT2D eigenvalue weighted by Gasteiger charge is -2.47. The van der Waals surface area contributed by atoms with E-state index in [4.69, 9.17) is 0 Å². The van der Waals surface area contributed by atoms with E-state index in [9.17, 15) is 5.11 Å². The molecule has 2 aliphatic heterocycles. The molecule has 1 fully saturated rings. The molecular weight excluding hydrogens is 236 g/mol. The van der Waals surface area contributed by atoms with E-state index in [-0.39, 0.29) is 0 Å². The maximum atomic E-state index is 9.53. The average molecular weight is 258 g/mol. The highest BCUT2D eigenvalue weighted by Crippen LogP contribution is 2.50. The van der Waals surface area contributed by atoms with Crippen molar-refractivity contribution in [1.82, 2.24) is 4.90 Å². The number of nitrogens with one attached hydrogen (secondary N) is 1. The van der Waals surface area contributed by atoms with Gasteiger partial charge in [0.2, 0.25) is 0 Å². The van der Waals surface area contributed by atoms with E-state index in [2.05, 4.69) is 35.5 Å². The summed E-state index contributed by atoms with van der Waals surface area (Å²) in [5, 5.41) is 13.1. The second-order valence-electron chi connectivity index (χ2n) is 6.52. The van der Waals surface area contributed by atoms with Gasteiger partial charge in [0.25, 0.3) is 0 Å². The predicted octanol–water partition coefficient (Wildman–Crippen LogP) is 2.00. The lowest BCUT2D eigenvalue weighted by Crippen LogP contribution is -2.48. The SMILES string of the molecule is CN1C[C@@H](CO)C[C@H]2c3cccc4c3[C@@H](CN4)C[C@H]21. The van der Waals surface area contributed by atoms with Crippen LogP contribution >= 0.6 is 0 Å². The van der Waals surface area contributed by atoms with Crippen molar-refractivity contribution in [3.05, 3.63) is 29.3 Å². The van der Waals surface area contributed by atoms with Crippen LogP contribution in [0.15, 0.2) is 18.2 Å². The molecule has 1 aliphatic carbocycles. The quantitative estimate of drug-likeness (QED) is 0.808. The van der Waals surface area contributed by atoms with Crippen LogP contribution in [-0.2, 0) is 0 Å². The number of piperidine rings is 1. The molecule has 3 aliphatic rings. The molecule has 4 rings (SSSR count). The van der Waals surface area contributed by atoms with Crippen LogP contribution in [0.5, 0.6) is 0 Å². The molecule has 4 atom stereocenters. The standard InChI is InChI=1S/C16H22N2O/c1-18-8-10(9-19)5-13-12-3-2-4-14-16(12)11(7-17-14)6-15(13)18/h2-4,10-11,13,15,17,19H,5-9H2,1H3/t10-,11+,13-,15+/m0/s1. The van der Waals surface area contributed by atoms with E-state index >= 15 is 0 Å². The van der Waals surface area contributed by atoms with Crippen molar-refractivity contribution in [2.45, 2.75) is 30.7 Å². The third-order valence-electron chi connectivity index (χ3n) is 5.43. The van der Waals surface area contributed by atoms with E-state index < -0.39 is 0 Å². The molecule has 0 bridgehead atoms. The molecule has 19 heavy (non-hydrogen) atoms. The minimum absolute atomic E-state index is 0.324. The largest absolute Gasteiger partial charge is 0.396 e. The number of hydrogen-bond donors (Lipinski definition) is 2. The second-order valence-corrected chi connectivity index (χ2v) is 6.52. The Hall–Kier alpha value is -1.06. The van der Waals surface area contributed by atoms with E-state index in [1.54, 1.807) is 11.1 Å². The Kier molecular flexibility index (Phi) is 2.61. The third-order valence-corrected chi connectivity index (χ3v) is 5.43. The lowest BCUT2D eigenvalue weighted by atomic mass is 9.69. The van der Waals surface area contributed by atoms with E-state index in [1.807, 2.05) is 0 Å². The summed E-state index contributed by atoms with van der Waals surface area (Å²) in [5.74, 6) is 1.75. The fourth-order valence-corrected chi connectivity index (χ4v) is 4.60. The van der Waals surface area contributed by atoms with E-state index in [1.165, 1.54) is 12.1 Å². The van der Waals surface area contributed by atoms with Crippen LogP contribution in [0.4, 0.5) is 5.69 Å². The molecule has 3 heteroatoms. The summed E-state index contributed by atoms with van der Waals surface area (Å²) in [6.45, 7) is 2.48. The molecule has 3 nitrogen and oxygen atoms in total. The summed E-state index contributed by atoms with van der Waals surface area (Å²) in [6, 6.07) is 7.39. The number of aliphatic hydroxyl groups is 1. The zero-order chi connectivity index (χ0) is 13.0. The van der Waals surface area contributed by atoms with Gasteiger partial charge >= 0.3 is 0 Å².